The van der Waals surface area contributed by atoms with Gasteiger partial charge < -0.3 is 10.2 Å². The number of aliphatic hydroxyl groups excluding tert-OH is 2. The topological polar surface area (TPSA) is 57.5 Å². The fourth-order valence-corrected chi connectivity index (χ4v) is 2.66. The minimum atomic E-state index is -0.520. The molecule has 1 unspecified atom stereocenters. The highest BCUT2D eigenvalue weighted by Gasteiger charge is 2.00. The van der Waals surface area contributed by atoms with Crippen LogP contribution >= 0.6 is 11.8 Å². The van der Waals surface area contributed by atoms with Crippen LogP contribution in [0.25, 0.3) is 0 Å². The first-order valence-corrected chi connectivity index (χ1v) is 8.57. The van der Waals surface area contributed by atoms with Crippen LogP contribution < -0.4 is 0 Å². The van der Waals surface area contributed by atoms with Crippen LogP contribution in [0.3, 0.4) is 0 Å². The van der Waals surface area contributed by atoms with Crippen LogP contribution in [0.4, 0.5) is 0 Å². The van der Waals surface area contributed by atoms with E-state index in [1.807, 2.05) is 0 Å². The molecule has 19 heavy (non-hydrogen) atoms. The molecular weight excluding hydrogens is 260 g/mol. The van der Waals surface area contributed by atoms with E-state index in [4.69, 9.17) is 10.2 Å². The zero-order valence-electron chi connectivity index (χ0n) is 12.3. The first-order valence-electron chi connectivity index (χ1n) is 7.59. The zero-order chi connectivity index (χ0) is 14.3. The molecule has 0 rings (SSSR count). The van der Waals surface area contributed by atoms with Crippen molar-refractivity contribution in [2.45, 2.75) is 77.2 Å². The van der Waals surface area contributed by atoms with Gasteiger partial charge in [-0.2, -0.15) is 0 Å². The van der Waals surface area contributed by atoms with Gasteiger partial charge in [0.2, 0.25) is 0 Å². The van der Waals surface area contributed by atoms with Crippen LogP contribution in [0.1, 0.15) is 71.1 Å². The lowest BCUT2D eigenvalue weighted by Crippen LogP contribution is -2.10. The largest absolute Gasteiger partial charge is 0.394 e. The van der Waals surface area contributed by atoms with E-state index in [1.165, 1.54) is 50.3 Å². The Balaban J connectivity index is 3.01. The lowest BCUT2D eigenvalue weighted by molar-refractivity contribution is -0.109. The fraction of sp³-hybridized carbons (Fsp3) is 0.933. The van der Waals surface area contributed by atoms with E-state index in [-0.39, 0.29) is 11.7 Å². The third kappa shape index (κ3) is 15.9. The molecule has 0 aliphatic rings. The number of carbonyl (C=O) groups excluding carboxylic acids is 1. The van der Waals surface area contributed by atoms with Gasteiger partial charge >= 0.3 is 0 Å². The van der Waals surface area contributed by atoms with Gasteiger partial charge in [0.25, 0.3) is 0 Å². The summed E-state index contributed by atoms with van der Waals surface area (Å²) in [7, 11) is 0. The molecule has 0 aromatic rings. The van der Waals surface area contributed by atoms with E-state index in [9.17, 15) is 4.79 Å². The van der Waals surface area contributed by atoms with Crippen molar-refractivity contribution in [2.75, 3.05) is 12.4 Å². The Morgan fingerprint density at radius 2 is 1.42 bits per heavy atom. The molecular formula is C15H30O3S. The number of hydrogen-bond acceptors (Lipinski definition) is 4. The van der Waals surface area contributed by atoms with E-state index in [2.05, 4.69) is 0 Å². The fourth-order valence-electron chi connectivity index (χ4n) is 2.03. The van der Waals surface area contributed by atoms with Crippen molar-refractivity contribution in [1.82, 2.24) is 0 Å². The van der Waals surface area contributed by atoms with E-state index in [0.29, 0.717) is 0 Å². The molecule has 0 spiro atoms. The van der Waals surface area contributed by atoms with Gasteiger partial charge in [-0.15, -0.1) is 0 Å². The molecule has 1 atom stereocenters. The van der Waals surface area contributed by atoms with Gasteiger partial charge in [-0.05, 0) is 12.8 Å². The van der Waals surface area contributed by atoms with Gasteiger partial charge in [0.15, 0.2) is 5.12 Å². The Hall–Kier alpha value is -0.0600. The second-order valence-corrected chi connectivity index (χ2v) is 6.42. The van der Waals surface area contributed by atoms with E-state index >= 15 is 0 Å². The Kier molecular flexibility index (Phi) is 14.3. The van der Waals surface area contributed by atoms with Crippen LogP contribution in [-0.2, 0) is 4.79 Å². The highest BCUT2D eigenvalue weighted by molar-refractivity contribution is 8.13. The van der Waals surface area contributed by atoms with E-state index < -0.39 is 6.10 Å². The molecule has 0 bridgehead atoms. The number of rotatable bonds is 13. The number of carbonyl (C=O) groups is 1. The summed E-state index contributed by atoms with van der Waals surface area (Å²) in [6.07, 6.45) is 11.2. The molecule has 0 radical (unpaired) electrons. The Morgan fingerprint density at radius 3 is 1.89 bits per heavy atom. The molecule has 4 heteroatoms. The van der Waals surface area contributed by atoms with Gasteiger partial charge in [0.1, 0.15) is 0 Å². The zero-order valence-corrected chi connectivity index (χ0v) is 13.1. The average molecular weight is 290 g/mol. The summed E-state index contributed by atoms with van der Waals surface area (Å²) in [5.74, 6) is 0.975. The third-order valence-corrected chi connectivity index (χ3v) is 4.10. The van der Waals surface area contributed by atoms with Crippen molar-refractivity contribution >= 4 is 16.9 Å². The van der Waals surface area contributed by atoms with Gasteiger partial charge in [0.05, 0.1) is 12.7 Å². The van der Waals surface area contributed by atoms with Gasteiger partial charge in [-0.25, -0.2) is 0 Å². The average Bonchev–Trinajstić information content (AvgIpc) is 2.39. The highest BCUT2D eigenvalue weighted by atomic mass is 32.2. The van der Waals surface area contributed by atoms with E-state index in [1.54, 1.807) is 6.92 Å². The summed E-state index contributed by atoms with van der Waals surface area (Å²) in [5, 5.41) is 18.0. The molecule has 0 saturated heterocycles. The predicted molar refractivity (Wildman–Crippen MR) is 82.4 cm³/mol. The van der Waals surface area contributed by atoms with Crippen molar-refractivity contribution in [3.63, 3.8) is 0 Å². The van der Waals surface area contributed by atoms with Crippen LogP contribution in [-0.4, -0.2) is 33.8 Å². The maximum atomic E-state index is 10.7. The standard InChI is InChI=1S/C15H30O3S/c1-14(17)19-12-10-8-6-4-2-3-5-7-9-11-15(18)13-16/h15-16,18H,2-13H2,1H3. The number of aliphatic hydroxyl groups is 2. The molecule has 0 aromatic carbocycles. The molecule has 2 N–H and O–H groups in total. The monoisotopic (exact) mass is 290 g/mol. The molecule has 3 nitrogen and oxygen atoms in total. The second kappa shape index (κ2) is 14.4. The minimum Gasteiger partial charge on any atom is -0.394 e. The third-order valence-electron chi connectivity index (χ3n) is 3.20. The number of hydrogen-bond donors (Lipinski definition) is 2. The second-order valence-electron chi connectivity index (χ2n) is 5.15. The van der Waals surface area contributed by atoms with E-state index in [0.717, 1.165) is 31.4 Å². The summed E-state index contributed by atoms with van der Waals surface area (Å²) < 4.78 is 0. The smallest absolute Gasteiger partial charge is 0.185 e. The Labute approximate surface area is 122 Å². The normalized spacial score (nSPS) is 12.6. The Morgan fingerprint density at radius 1 is 0.947 bits per heavy atom. The molecule has 0 aliphatic carbocycles. The summed E-state index contributed by atoms with van der Waals surface area (Å²) in [6, 6.07) is 0. The Bertz CT molecular complexity index is 210. The lowest BCUT2D eigenvalue weighted by Gasteiger charge is -2.06. The van der Waals surface area contributed by atoms with Crippen LogP contribution in [0.15, 0.2) is 0 Å². The molecule has 0 aromatic heterocycles. The summed E-state index contributed by atoms with van der Waals surface area (Å²) in [4.78, 5) is 10.7. The van der Waals surface area contributed by atoms with Crippen LogP contribution in [0.5, 0.6) is 0 Å². The lowest BCUT2D eigenvalue weighted by atomic mass is 10.1. The van der Waals surface area contributed by atoms with Crippen molar-refractivity contribution < 1.29 is 15.0 Å². The van der Waals surface area contributed by atoms with Crippen molar-refractivity contribution in [3.8, 4) is 0 Å². The summed E-state index contributed by atoms with van der Waals surface area (Å²) >= 11 is 1.44. The first kappa shape index (κ1) is 18.9. The van der Waals surface area contributed by atoms with Crippen molar-refractivity contribution in [2.24, 2.45) is 0 Å². The summed E-state index contributed by atoms with van der Waals surface area (Å²) in [6.45, 7) is 1.52. The van der Waals surface area contributed by atoms with Gasteiger partial charge in [0, 0.05) is 12.7 Å². The number of unbranched alkanes of at least 4 members (excludes halogenated alkanes) is 8. The van der Waals surface area contributed by atoms with Crippen LogP contribution in [0, 0.1) is 0 Å². The SMILES string of the molecule is CC(=O)SCCCCCCCCCCCC(O)CO. The molecule has 0 aliphatic heterocycles. The first-order chi connectivity index (χ1) is 9.16. The minimum absolute atomic E-state index is 0.109. The molecule has 0 amide bonds. The van der Waals surface area contributed by atoms with Crippen molar-refractivity contribution in [1.29, 1.82) is 0 Å². The van der Waals surface area contributed by atoms with Gasteiger partial charge in [-0.3, -0.25) is 4.79 Å². The maximum Gasteiger partial charge on any atom is 0.185 e. The van der Waals surface area contributed by atoms with Crippen LogP contribution in [0.2, 0.25) is 0 Å². The van der Waals surface area contributed by atoms with Gasteiger partial charge in [-0.1, -0.05) is 63.1 Å². The predicted octanol–water partition coefficient (Wildman–Crippen LogP) is 3.52. The number of thioether (sulfide) groups is 1. The molecule has 114 valence electrons. The molecule has 0 fully saturated rings. The molecule has 0 heterocycles. The summed E-state index contributed by atoms with van der Waals surface area (Å²) in [5.41, 5.74) is 0. The quantitative estimate of drug-likeness (QED) is 0.510. The van der Waals surface area contributed by atoms with Crippen molar-refractivity contribution in [3.05, 3.63) is 0 Å². The maximum absolute atomic E-state index is 10.7. The highest BCUT2D eigenvalue weighted by Crippen LogP contribution is 2.13. The molecule has 0 saturated carbocycles.